The zero-order chi connectivity index (χ0) is 17.7. The summed E-state index contributed by atoms with van der Waals surface area (Å²) >= 11 is 4.48. The van der Waals surface area contributed by atoms with Gasteiger partial charge in [-0.2, -0.15) is 0 Å². The first-order valence-electron chi connectivity index (χ1n) is 8.51. The van der Waals surface area contributed by atoms with Gasteiger partial charge in [-0.25, -0.2) is 0 Å². The van der Waals surface area contributed by atoms with Crippen molar-refractivity contribution >= 4 is 12.7 Å². The minimum atomic E-state index is 0. The van der Waals surface area contributed by atoms with Crippen LogP contribution in [0.1, 0.15) is 81.6 Å². The molecule has 1 fully saturated rings. The molecule has 141 valence electrons. The van der Waals surface area contributed by atoms with Crippen molar-refractivity contribution in [1.29, 1.82) is 0 Å². The minimum Gasteiger partial charge on any atom is 0 e. The second-order valence-corrected chi connectivity index (χ2v) is 10.1. The van der Waals surface area contributed by atoms with Crippen molar-refractivity contribution in [2.24, 2.45) is 29.6 Å². The van der Waals surface area contributed by atoms with Crippen molar-refractivity contribution in [3.8, 4) is 0 Å². The fraction of sp³-hybridized carbons (Fsp3) is 0.850. The van der Waals surface area contributed by atoms with Gasteiger partial charge in [-0.3, -0.25) is 0 Å². The summed E-state index contributed by atoms with van der Waals surface area (Å²) in [5.74, 6) is 4.67. The van der Waals surface area contributed by atoms with E-state index in [-0.39, 0.29) is 40.1 Å². The number of hydrogen-bond acceptors (Lipinski definition) is 0. The van der Waals surface area contributed by atoms with Crippen LogP contribution in [0.15, 0.2) is 0 Å². The Kier molecular flexibility index (Phi) is 31.5. The van der Waals surface area contributed by atoms with Crippen LogP contribution >= 0.6 is 0 Å². The Hall–Kier alpha value is 2.78. The van der Waals surface area contributed by atoms with Gasteiger partial charge in [0.15, 0.2) is 0 Å². The number of hydrogen-bond donors (Lipinski definition) is 0. The van der Waals surface area contributed by atoms with E-state index < -0.39 is 0 Å². The fourth-order valence-electron chi connectivity index (χ4n) is 2.79. The molecule has 1 saturated carbocycles. The van der Waals surface area contributed by atoms with Crippen molar-refractivity contribution < 1.29 is 90.8 Å². The fourth-order valence-corrected chi connectivity index (χ4v) is 3.64. The average Bonchev–Trinajstić information content (AvgIpc) is 2.88. The van der Waals surface area contributed by atoms with Gasteiger partial charge in [0.05, 0.1) is 0 Å². The molecule has 0 amide bonds. The van der Waals surface area contributed by atoms with Gasteiger partial charge in [-0.05, 0) is 36.5 Å². The SMILES string of the molecule is C.CC(C)[C](=[W])[C-]=[W].CCC1CC(C)C(C(C)C)C1.CC[C-]=[W].[Y]. The molecule has 0 heterocycles. The third kappa shape index (κ3) is 18.2. The summed E-state index contributed by atoms with van der Waals surface area (Å²) in [4.78, 5) is 0. The Morgan fingerprint density at radius 3 is 1.67 bits per heavy atom. The first kappa shape index (κ1) is 34.3. The third-order valence-electron chi connectivity index (χ3n) is 4.24. The molecule has 1 aliphatic rings. The number of rotatable bonds is 5. The summed E-state index contributed by atoms with van der Waals surface area (Å²) in [5.41, 5.74) is 0. The summed E-state index contributed by atoms with van der Waals surface area (Å²) < 4.78 is 7.68. The van der Waals surface area contributed by atoms with Crippen LogP contribution in [0.2, 0.25) is 0 Å². The molecule has 3 atom stereocenters. The Morgan fingerprint density at radius 1 is 1.08 bits per heavy atom. The van der Waals surface area contributed by atoms with Crippen LogP contribution in [-0.4, -0.2) is 12.7 Å². The van der Waals surface area contributed by atoms with Gasteiger partial charge in [-0.15, -0.1) is 0 Å². The van der Waals surface area contributed by atoms with Crippen LogP contribution in [0.3, 0.4) is 0 Å². The molecule has 0 N–H and O–H groups in total. The summed E-state index contributed by atoms with van der Waals surface area (Å²) in [6.07, 6.45) is 5.48. The van der Waals surface area contributed by atoms with Gasteiger partial charge in [0, 0.05) is 32.7 Å². The van der Waals surface area contributed by atoms with E-state index in [1.807, 2.05) is 0 Å². The molecule has 0 saturated heterocycles. The van der Waals surface area contributed by atoms with E-state index in [1.54, 1.807) is 19.4 Å². The molecule has 3 unspecified atom stereocenters. The molecule has 4 heteroatoms. The molecular formula is C20H38W3Y-2. The van der Waals surface area contributed by atoms with E-state index in [2.05, 4.69) is 57.3 Å². The smallest absolute Gasteiger partial charge is 0 e. The largest absolute Gasteiger partial charge is 0 e. The first-order valence-corrected chi connectivity index (χ1v) is 12.9. The van der Waals surface area contributed by atoms with Crippen LogP contribution in [0.25, 0.3) is 0 Å². The van der Waals surface area contributed by atoms with Gasteiger partial charge in [0.1, 0.15) is 0 Å². The summed E-state index contributed by atoms with van der Waals surface area (Å²) in [7, 11) is 0. The van der Waals surface area contributed by atoms with Crippen molar-refractivity contribution in [3.63, 3.8) is 0 Å². The van der Waals surface area contributed by atoms with E-state index in [1.165, 1.54) is 61.9 Å². The summed E-state index contributed by atoms with van der Waals surface area (Å²) in [5, 5.41) is 0. The van der Waals surface area contributed by atoms with E-state index in [0.717, 1.165) is 36.0 Å². The minimum absolute atomic E-state index is 0. The molecule has 1 rings (SSSR count). The van der Waals surface area contributed by atoms with Gasteiger partial charge in [-0.1, -0.05) is 41.5 Å². The molecule has 24 heavy (non-hydrogen) atoms. The predicted octanol–water partition coefficient (Wildman–Crippen LogP) is 5.56. The molecule has 0 nitrogen and oxygen atoms in total. The van der Waals surface area contributed by atoms with E-state index >= 15 is 0 Å². The van der Waals surface area contributed by atoms with Gasteiger partial charge in [0.2, 0.25) is 0 Å². The molecule has 0 aromatic rings. The van der Waals surface area contributed by atoms with Crippen LogP contribution in [0.5, 0.6) is 0 Å². The van der Waals surface area contributed by atoms with Crippen molar-refractivity contribution in [2.75, 3.05) is 0 Å². The van der Waals surface area contributed by atoms with E-state index in [9.17, 15) is 0 Å². The summed E-state index contributed by atoms with van der Waals surface area (Å²) in [6, 6.07) is 0. The zero-order valence-electron chi connectivity index (χ0n) is 16.0. The Labute approximate surface area is 212 Å². The second-order valence-electron chi connectivity index (χ2n) is 6.75. The molecule has 1 radical (unpaired) electrons. The predicted molar refractivity (Wildman–Crippen MR) is 97.4 cm³/mol. The average molecular weight is 919 g/mol. The monoisotopic (exact) mass is 919 g/mol. The van der Waals surface area contributed by atoms with Crippen LogP contribution < -0.4 is 0 Å². The topological polar surface area (TPSA) is 0 Å². The maximum Gasteiger partial charge on any atom is 0 e. The standard InChI is InChI=1S/C11H22.C5H7.C3H5.CH4.3W.Y/c1-5-10-6-9(4)11(7-10)8(2)3;1-4-5(2)3;1-3-2;;;;;/h8-11H,5-7H2,1-4H3;5H,2-3H3;3H2,1H3;1H4;;;;/q;2*-1;;;;;. The van der Waals surface area contributed by atoms with Crippen LogP contribution in [0.4, 0.5) is 0 Å². The van der Waals surface area contributed by atoms with Gasteiger partial charge >= 0.3 is 104 Å². The van der Waals surface area contributed by atoms with E-state index in [0.29, 0.717) is 0 Å². The van der Waals surface area contributed by atoms with Gasteiger partial charge in [0.25, 0.3) is 0 Å². The van der Waals surface area contributed by atoms with Crippen LogP contribution in [-0.2, 0) is 90.8 Å². The molecular weight excluding hydrogens is 881 g/mol. The van der Waals surface area contributed by atoms with Crippen molar-refractivity contribution in [3.05, 3.63) is 0 Å². The maximum absolute atomic E-state index is 3.20. The maximum atomic E-state index is 3.20. The van der Waals surface area contributed by atoms with Crippen molar-refractivity contribution in [2.45, 2.75) is 81.6 Å². The quantitative estimate of drug-likeness (QED) is 0.318. The zero-order valence-corrected chi connectivity index (χ0v) is 27.7. The first-order chi connectivity index (χ1) is 10.2. The van der Waals surface area contributed by atoms with Crippen LogP contribution in [0, 0.1) is 29.6 Å². The normalized spacial score (nSPS) is 21.3. The Bertz CT molecular complexity index is 314. The van der Waals surface area contributed by atoms with E-state index in [4.69, 9.17) is 0 Å². The third-order valence-corrected chi connectivity index (χ3v) is 10.1. The molecule has 1 aliphatic carbocycles. The summed E-state index contributed by atoms with van der Waals surface area (Å²) in [6.45, 7) is 16.0. The molecule has 0 bridgehead atoms. The molecule has 0 aromatic carbocycles. The van der Waals surface area contributed by atoms with Gasteiger partial charge < -0.3 is 0 Å². The molecule has 0 aromatic heterocycles. The molecule has 0 spiro atoms. The van der Waals surface area contributed by atoms with Crippen molar-refractivity contribution in [1.82, 2.24) is 0 Å². The Balaban J connectivity index is -0.000000135. The Morgan fingerprint density at radius 2 is 1.54 bits per heavy atom. The second kappa shape index (κ2) is 22.1. The molecule has 0 aliphatic heterocycles.